The zero-order chi connectivity index (χ0) is 10.6. The van der Waals surface area contributed by atoms with Gasteiger partial charge in [0.1, 0.15) is 5.60 Å². The van der Waals surface area contributed by atoms with Gasteiger partial charge in [-0.25, -0.2) is 4.79 Å². The molecule has 78 valence electrons. The first kappa shape index (κ1) is 10.6. The van der Waals surface area contributed by atoms with E-state index in [1.54, 1.807) is 0 Å². The molecular formula is C10H16N2O2. The molecule has 1 aromatic rings. The van der Waals surface area contributed by atoms with Crippen LogP contribution in [-0.2, 0) is 11.3 Å². The van der Waals surface area contributed by atoms with Crippen LogP contribution in [0.15, 0.2) is 18.5 Å². The zero-order valence-electron chi connectivity index (χ0n) is 8.76. The molecule has 0 bridgehead atoms. The summed E-state index contributed by atoms with van der Waals surface area (Å²) in [6.45, 7) is 5.99. The number of hydrogen-bond donors (Lipinski definition) is 2. The smallest absolute Gasteiger partial charge is 0.407 e. The van der Waals surface area contributed by atoms with Gasteiger partial charge in [0.15, 0.2) is 0 Å². The Morgan fingerprint density at radius 2 is 2.29 bits per heavy atom. The van der Waals surface area contributed by atoms with Crippen molar-refractivity contribution in [3.63, 3.8) is 0 Å². The van der Waals surface area contributed by atoms with Gasteiger partial charge in [-0.2, -0.15) is 0 Å². The topological polar surface area (TPSA) is 54.1 Å². The third kappa shape index (κ3) is 3.98. The maximum absolute atomic E-state index is 11.2. The SMILES string of the molecule is CC(C)(C)OC(=O)NCc1cc[nH]c1. The van der Waals surface area contributed by atoms with Crippen LogP contribution in [-0.4, -0.2) is 16.7 Å². The normalized spacial score (nSPS) is 11.1. The van der Waals surface area contributed by atoms with Crippen LogP contribution >= 0.6 is 0 Å². The highest BCUT2D eigenvalue weighted by Crippen LogP contribution is 2.06. The van der Waals surface area contributed by atoms with E-state index in [0.717, 1.165) is 5.56 Å². The van der Waals surface area contributed by atoms with E-state index >= 15 is 0 Å². The number of hydrogen-bond acceptors (Lipinski definition) is 2. The van der Waals surface area contributed by atoms with E-state index in [4.69, 9.17) is 4.74 Å². The van der Waals surface area contributed by atoms with Crippen LogP contribution in [0.2, 0.25) is 0 Å². The first-order chi connectivity index (χ1) is 6.47. The molecule has 0 fully saturated rings. The predicted molar refractivity (Wildman–Crippen MR) is 53.9 cm³/mol. The zero-order valence-corrected chi connectivity index (χ0v) is 8.76. The van der Waals surface area contributed by atoms with Gasteiger partial charge in [0.25, 0.3) is 0 Å². The maximum atomic E-state index is 11.2. The third-order valence-electron chi connectivity index (χ3n) is 1.50. The lowest BCUT2D eigenvalue weighted by atomic mass is 10.2. The fraction of sp³-hybridized carbons (Fsp3) is 0.500. The minimum absolute atomic E-state index is 0.390. The summed E-state index contributed by atoms with van der Waals surface area (Å²) < 4.78 is 5.08. The number of H-pyrrole nitrogens is 1. The van der Waals surface area contributed by atoms with Gasteiger partial charge in [0, 0.05) is 18.9 Å². The van der Waals surface area contributed by atoms with E-state index in [2.05, 4.69) is 10.3 Å². The Hall–Kier alpha value is -1.45. The first-order valence-electron chi connectivity index (χ1n) is 4.56. The standard InChI is InChI=1S/C10H16N2O2/c1-10(2,3)14-9(13)12-7-8-4-5-11-6-8/h4-6,11H,7H2,1-3H3,(H,12,13). The average Bonchev–Trinajstić information content (AvgIpc) is 2.49. The van der Waals surface area contributed by atoms with Crippen LogP contribution < -0.4 is 5.32 Å². The largest absolute Gasteiger partial charge is 0.444 e. The molecule has 0 aliphatic carbocycles. The highest BCUT2D eigenvalue weighted by molar-refractivity contribution is 5.67. The number of carbonyl (C=O) groups is 1. The number of aromatic nitrogens is 1. The van der Waals surface area contributed by atoms with Gasteiger partial charge in [-0.1, -0.05) is 0 Å². The summed E-state index contributed by atoms with van der Waals surface area (Å²) in [6.07, 6.45) is 3.25. The van der Waals surface area contributed by atoms with Gasteiger partial charge in [0.05, 0.1) is 0 Å². The Bertz CT molecular complexity index is 286. The molecule has 4 nitrogen and oxygen atoms in total. The van der Waals surface area contributed by atoms with Gasteiger partial charge < -0.3 is 15.0 Å². The van der Waals surface area contributed by atoms with Crippen molar-refractivity contribution in [1.29, 1.82) is 0 Å². The van der Waals surface area contributed by atoms with E-state index in [-0.39, 0.29) is 0 Å². The summed E-state index contributed by atoms with van der Waals surface area (Å²) in [7, 11) is 0. The molecule has 0 aliphatic rings. The Morgan fingerprint density at radius 3 is 2.79 bits per heavy atom. The van der Waals surface area contributed by atoms with Crippen molar-refractivity contribution < 1.29 is 9.53 Å². The highest BCUT2D eigenvalue weighted by Gasteiger charge is 2.15. The second-order valence-corrected chi connectivity index (χ2v) is 4.07. The van der Waals surface area contributed by atoms with Gasteiger partial charge in [-0.15, -0.1) is 0 Å². The summed E-state index contributed by atoms with van der Waals surface area (Å²) in [5.41, 5.74) is 0.582. The first-order valence-corrected chi connectivity index (χ1v) is 4.56. The van der Waals surface area contributed by atoms with Crippen molar-refractivity contribution in [2.45, 2.75) is 32.9 Å². The molecule has 0 saturated heterocycles. The van der Waals surface area contributed by atoms with Crippen LogP contribution in [0.1, 0.15) is 26.3 Å². The minimum atomic E-state index is -0.442. The lowest BCUT2D eigenvalue weighted by molar-refractivity contribution is 0.0523. The Morgan fingerprint density at radius 1 is 1.57 bits per heavy atom. The van der Waals surface area contributed by atoms with E-state index in [9.17, 15) is 4.79 Å². The van der Waals surface area contributed by atoms with Crippen LogP contribution in [0.5, 0.6) is 0 Å². The lowest BCUT2D eigenvalue weighted by Crippen LogP contribution is -2.32. The summed E-state index contributed by atoms with van der Waals surface area (Å²) in [4.78, 5) is 14.1. The lowest BCUT2D eigenvalue weighted by Gasteiger charge is -2.19. The molecule has 2 N–H and O–H groups in total. The molecule has 0 spiro atoms. The number of alkyl carbamates (subject to hydrolysis) is 1. The molecular weight excluding hydrogens is 180 g/mol. The molecule has 0 radical (unpaired) electrons. The van der Waals surface area contributed by atoms with Gasteiger partial charge >= 0.3 is 6.09 Å². The fourth-order valence-corrected chi connectivity index (χ4v) is 0.957. The average molecular weight is 196 g/mol. The van der Waals surface area contributed by atoms with Crippen molar-refractivity contribution in [3.8, 4) is 0 Å². The van der Waals surface area contributed by atoms with Crippen molar-refractivity contribution >= 4 is 6.09 Å². The van der Waals surface area contributed by atoms with Crippen LogP contribution in [0.3, 0.4) is 0 Å². The quantitative estimate of drug-likeness (QED) is 0.760. The summed E-state index contributed by atoms with van der Waals surface area (Å²) in [5.74, 6) is 0. The van der Waals surface area contributed by atoms with Gasteiger partial charge in [-0.3, -0.25) is 0 Å². The van der Waals surface area contributed by atoms with Crippen LogP contribution in [0.25, 0.3) is 0 Å². The molecule has 1 aromatic heterocycles. The van der Waals surface area contributed by atoms with Crippen LogP contribution in [0, 0.1) is 0 Å². The van der Waals surface area contributed by atoms with E-state index < -0.39 is 11.7 Å². The molecule has 1 heterocycles. The summed E-state index contributed by atoms with van der Waals surface area (Å²) in [6, 6.07) is 1.90. The van der Waals surface area contributed by atoms with Crippen molar-refractivity contribution in [2.24, 2.45) is 0 Å². The molecule has 0 atom stereocenters. The fourth-order valence-electron chi connectivity index (χ4n) is 0.957. The molecule has 1 amide bonds. The van der Waals surface area contributed by atoms with E-state index in [1.807, 2.05) is 39.2 Å². The van der Waals surface area contributed by atoms with Gasteiger partial charge in [-0.05, 0) is 32.4 Å². The molecule has 0 aromatic carbocycles. The Balaban J connectivity index is 2.29. The monoisotopic (exact) mass is 196 g/mol. The molecule has 14 heavy (non-hydrogen) atoms. The minimum Gasteiger partial charge on any atom is -0.444 e. The number of aromatic amines is 1. The number of amides is 1. The number of nitrogens with one attached hydrogen (secondary N) is 2. The maximum Gasteiger partial charge on any atom is 0.407 e. The summed E-state index contributed by atoms with van der Waals surface area (Å²) in [5, 5.41) is 2.66. The van der Waals surface area contributed by atoms with Crippen molar-refractivity contribution in [2.75, 3.05) is 0 Å². The Kier molecular flexibility index (Phi) is 3.17. The second-order valence-electron chi connectivity index (χ2n) is 4.07. The van der Waals surface area contributed by atoms with Crippen molar-refractivity contribution in [1.82, 2.24) is 10.3 Å². The number of rotatable bonds is 2. The molecule has 0 aliphatic heterocycles. The molecule has 0 unspecified atom stereocenters. The number of carbonyl (C=O) groups excluding carboxylic acids is 1. The van der Waals surface area contributed by atoms with Crippen molar-refractivity contribution in [3.05, 3.63) is 24.0 Å². The van der Waals surface area contributed by atoms with E-state index in [1.165, 1.54) is 0 Å². The highest BCUT2D eigenvalue weighted by atomic mass is 16.6. The number of ether oxygens (including phenoxy) is 1. The Labute approximate surface area is 83.7 Å². The van der Waals surface area contributed by atoms with Crippen LogP contribution in [0.4, 0.5) is 4.79 Å². The second kappa shape index (κ2) is 4.17. The van der Waals surface area contributed by atoms with Gasteiger partial charge in [0.2, 0.25) is 0 Å². The summed E-state index contributed by atoms with van der Waals surface area (Å²) >= 11 is 0. The predicted octanol–water partition coefficient (Wildman–Crippen LogP) is 2.04. The molecule has 4 heteroatoms. The third-order valence-corrected chi connectivity index (χ3v) is 1.50. The molecule has 1 rings (SSSR count). The van der Waals surface area contributed by atoms with E-state index in [0.29, 0.717) is 6.54 Å². The molecule has 0 saturated carbocycles.